The number of H-pyrrole nitrogens is 1. The van der Waals surface area contributed by atoms with Crippen LogP contribution in [0.3, 0.4) is 0 Å². The third-order valence-electron chi connectivity index (χ3n) is 5.07. The summed E-state index contributed by atoms with van der Waals surface area (Å²) in [6.07, 6.45) is -3.83. The third-order valence-corrected chi connectivity index (χ3v) is 5.07. The molecule has 2 N–H and O–H groups in total. The zero-order chi connectivity index (χ0) is 23.4. The van der Waals surface area contributed by atoms with Gasteiger partial charge in [0.25, 0.3) is 0 Å². The number of nitrogens with one attached hydrogen (secondary N) is 2. The molecule has 0 spiro atoms. The number of fused-ring (bicyclic) bond motifs is 2. The molecule has 33 heavy (non-hydrogen) atoms. The molecule has 0 radical (unpaired) electrons. The second-order valence-corrected chi connectivity index (χ2v) is 7.33. The minimum absolute atomic E-state index is 0.0812. The minimum atomic E-state index is -4.96. The highest BCUT2D eigenvalue weighted by molar-refractivity contribution is 5.85. The van der Waals surface area contributed by atoms with E-state index in [9.17, 15) is 26.3 Å². The van der Waals surface area contributed by atoms with E-state index in [2.05, 4.69) is 20.3 Å². The van der Waals surface area contributed by atoms with Crippen LogP contribution in [0, 0.1) is 0 Å². The van der Waals surface area contributed by atoms with E-state index in [-0.39, 0.29) is 23.1 Å². The van der Waals surface area contributed by atoms with E-state index in [1.165, 1.54) is 23.0 Å². The topological polar surface area (TPSA) is 58.0 Å². The molecule has 0 saturated heterocycles. The van der Waals surface area contributed by atoms with Crippen molar-refractivity contribution in [3.63, 3.8) is 0 Å². The van der Waals surface area contributed by atoms with E-state index in [0.717, 1.165) is 10.9 Å². The van der Waals surface area contributed by atoms with Crippen LogP contribution in [0.15, 0.2) is 67.3 Å². The van der Waals surface area contributed by atoms with Crippen molar-refractivity contribution >= 4 is 28.1 Å². The molecular weight excluding hydrogens is 448 g/mol. The second kappa shape index (κ2) is 7.26. The zero-order valence-electron chi connectivity index (χ0n) is 16.5. The van der Waals surface area contributed by atoms with Crippen molar-refractivity contribution in [1.29, 1.82) is 0 Å². The number of halogens is 6. The molecule has 168 valence electrons. The van der Waals surface area contributed by atoms with Crippen molar-refractivity contribution in [1.82, 2.24) is 19.4 Å². The van der Waals surface area contributed by atoms with Gasteiger partial charge in [-0.25, -0.2) is 9.97 Å². The van der Waals surface area contributed by atoms with Crippen LogP contribution < -0.4 is 5.32 Å². The molecule has 3 aromatic heterocycles. The lowest BCUT2D eigenvalue weighted by Crippen LogP contribution is -2.11. The Labute approximate surface area is 181 Å². The molecule has 0 fully saturated rings. The average molecular weight is 461 g/mol. The predicted octanol–water partition coefficient (Wildman–Crippen LogP) is 6.66. The number of hydrogen-bond acceptors (Lipinski definition) is 3. The number of rotatable bonds is 3. The van der Waals surface area contributed by atoms with Gasteiger partial charge in [0.2, 0.25) is 0 Å². The van der Waals surface area contributed by atoms with E-state index in [1.54, 1.807) is 12.3 Å². The smallest absolute Gasteiger partial charge is 0.361 e. The fourth-order valence-corrected chi connectivity index (χ4v) is 3.53. The summed E-state index contributed by atoms with van der Waals surface area (Å²) in [5, 5.41) is 3.97. The normalized spacial score (nSPS) is 12.5. The van der Waals surface area contributed by atoms with Crippen LogP contribution in [-0.2, 0) is 12.4 Å². The zero-order valence-corrected chi connectivity index (χ0v) is 16.5. The van der Waals surface area contributed by atoms with Gasteiger partial charge in [-0.3, -0.25) is 0 Å². The fraction of sp³-hybridized carbons (Fsp3) is 0.0909. The summed E-state index contributed by atoms with van der Waals surface area (Å²) in [6.45, 7) is 0. The first-order valence-electron chi connectivity index (χ1n) is 9.56. The van der Waals surface area contributed by atoms with Gasteiger partial charge in [-0.15, -0.1) is 0 Å². The minimum Gasteiger partial charge on any atom is -0.361 e. The number of hydrogen-bond donors (Lipinski definition) is 2. The maximum Gasteiger partial charge on any atom is 0.416 e. The van der Waals surface area contributed by atoms with Crippen LogP contribution in [0.5, 0.6) is 0 Å². The van der Waals surface area contributed by atoms with E-state index >= 15 is 0 Å². The third kappa shape index (κ3) is 3.97. The fourth-order valence-electron chi connectivity index (χ4n) is 3.53. The van der Waals surface area contributed by atoms with Crippen LogP contribution in [0.2, 0.25) is 0 Å². The second-order valence-electron chi connectivity index (χ2n) is 7.33. The van der Waals surface area contributed by atoms with Crippen LogP contribution in [0.4, 0.5) is 37.8 Å². The summed E-state index contributed by atoms with van der Waals surface area (Å²) in [5.74, 6) is 0.179. The van der Waals surface area contributed by atoms with Gasteiger partial charge in [-0.2, -0.15) is 26.3 Å². The number of aromatic nitrogens is 4. The lowest BCUT2D eigenvalue weighted by Gasteiger charge is -2.15. The van der Waals surface area contributed by atoms with Gasteiger partial charge < -0.3 is 14.7 Å². The first-order chi connectivity index (χ1) is 15.6. The first kappa shape index (κ1) is 20.9. The molecule has 0 saturated carbocycles. The Morgan fingerprint density at radius 2 is 1.61 bits per heavy atom. The van der Waals surface area contributed by atoms with Crippen molar-refractivity contribution in [2.45, 2.75) is 12.4 Å². The lowest BCUT2D eigenvalue weighted by atomic mass is 10.0. The number of benzene rings is 2. The summed E-state index contributed by atoms with van der Waals surface area (Å²) >= 11 is 0. The molecule has 5 aromatic rings. The van der Waals surface area contributed by atoms with Gasteiger partial charge in [0.1, 0.15) is 0 Å². The number of anilines is 2. The largest absolute Gasteiger partial charge is 0.416 e. The molecule has 2 aromatic carbocycles. The Bertz CT molecular complexity index is 1450. The average Bonchev–Trinajstić information content (AvgIpc) is 3.41. The van der Waals surface area contributed by atoms with Gasteiger partial charge in [-0.05, 0) is 42.5 Å². The molecule has 0 aliphatic rings. The maximum absolute atomic E-state index is 13.3. The molecule has 0 atom stereocenters. The van der Waals surface area contributed by atoms with E-state index in [1.807, 2.05) is 18.2 Å². The van der Waals surface area contributed by atoms with Gasteiger partial charge in [0, 0.05) is 46.9 Å². The van der Waals surface area contributed by atoms with Crippen molar-refractivity contribution in [3.8, 4) is 11.3 Å². The summed E-state index contributed by atoms with van der Waals surface area (Å²) < 4.78 is 81.3. The maximum atomic E-state index is 13.3. The highest BCUT2D eigenvalue weighted by Gasteiger charge is 2.37. The van der Waals surface area contributed by atoms with Crippen LogP contribution in [0.25, 0.3) is 27.8 Å². The summed E-state index contributed by atoms with van der Waals surface area (Å²) in [5.41, 5.74) is -1.34. The van der Waals surface area contributed by atoms with Crippen molar-refractivity contribution in [3.05, 3.63) is 78.4 Å². The Morgan fingerprint density at radius 1 is 0.879 bits per heavy atom. The summed E-state index contributed by atoms with van der Waals surface area (Å²) in [4.78, 5) is 11.6. The summed E-state index contributed by atoms with van der Waals surface area (Å²) in [7, 11) is 0. The molecule has 11 heteroatoms. The van der Waals surface area contributed by atoms with Gasteiger partial charge in [-0.1, -0.05) is 0 Å². The molecule has 5 rings (SSSR count). The van der Waals surface area contributed by atoms with Crippen LogP contribution in [0.1, 0.15) is 11.1 Å². The number of imidazole rings is 1. The monoisotopic (exact) mass is 461 g/mol. The van der Waals surface area contributed by atoms with Gasteiger partial charge in [0.05, 0.1) is 16.8 Å². The van der Waals surface area contributed by atoms with Gasteiger partial charge in [0.15, 0.2) is 11.5 Å². The highest BCUT2D eigenvalue weighted by atomic mass is 19.4. The van der Waals surface area contributed by atoms with Crippen molar-refractivity contribution in [2.24, 2.45) is 0 Å². The molecule has 0 aliphatic carbocycles. The van der Waals surface area contributed by atoms with Crippen molar-refractivity contribution < 1.29 is 26.3 Å². The molecule has 0 unspecified atom stereocenters. The molecule has 5 nitrogen and oxygen atoms in total. The van der Waals surface area contributed by atoms with E-state index in [0.29, 0.717) is 23.5 Å². The van der Waals surface area contributed by atoms with Crippen molar-refractivity contribution in [2.75, 3.05) is 5.32 Å². The quantitative estimate of drug-likeness (QED) is 0.296. The molecule has 3 heterocycles. The van der Waals surface area contributed by atoms with Gasteiger partial charge >= 0.3 is 12.4 Å². The molecule has 0 aliphatic heterocycles. The van der Waals surface area contributed by atoms with Crippen LogP contribution >= 0.6 is 0 Å². The number of nitrogens with zero attached hydrogens (tertiary/aromatic N) is 3. The number of aromatic amines is 1. The predicted molar refractivity (Wildman–Crippen MR) is 110 cm³/mol. The van der Waals surface area contributed by atoms with Crippen LogP contribution in [-0.4, -0.2) is 19.4 Å². The standard InChI is InChI=1S/C22H13F6N5/c23-21(24,25)14-7-13(8-15(10-14)22(26,27)28)18-11-33-6-5-30-20(33)19(32-18)31-16-1-2-17-12(9-16)3-4-29-17/h1-11,29H,(H,31,32). The lowest BCUT2D eigenvalue weighted by molar-refractivity contribution is -0.143. The Hall–Kier alpha value is -4.02. The summed E-state index contributed by atoms with van der Waals surface area (Å²) in [6, 6.07) is 8.66. The highest BCUT2D eigenvalue weighted by Crippen LogP contribution is 2.38. The van der Waals surface area contributed by atoms with E-state index in [4.69, 9.17) is 0 Å². The number of alkyl halides is 6. The van der Waals surface area contributed by atoms with E-state index < -0.39 is 23.5 Å². The Balaban J connectivity index is 1.65. The molecule has 0 amide bonds. The molecular formula is C22H13F6N5. The Kier molecular flexibility index (Phi) is 4.59. The SMILES string of the molecule is FC(F)(F)c1cc(-c2cn3ccnc3c(Nc3ccc4[nH]ccc4c3)n2)cc(C(F)(F)F)c1. The molecule has 0 bridgehead atoms. The first-order valence-corrected chi connectivity index (χ1v) is 9.56. The Morgan fingerprint density at radius 3 is 2.30 bits per heavy atom.